The number of aliphatic hydroxyl groups is 8. The number of carbonyl (C=O) groups excluding carboxylic acids is 1. The number of aliphatic hydroxyl groups excluding tert-OH is 8. The molecule has 0 saturated carbocycles. The molecule has 14 nitrogen and oxygen atoms in total. The monoisotopic (exact) mass is 934 g/mol. The molecule has 2 fully saturated rings. The molecule has 1 amide bonds. The Morgan fingerprint density at radius 1 is 0.492 bits per heavy atom. The second kappa shape index (κ2) is 38.8. The molecule has 2 aliphatic heterocycles. The molecule has 2 rings (SSSR count). The zero-order valence-electron chi connectivity index (χ0n) is 41.0. The highest BCUT2D eigenvalue weighted by Gasteiger charge is 2.51. The van der Waals surface area contributed by atoms with Crippen LogP contribution in [-0.4, -0.2) is 140 Å². The molecule has 2 aliphatic rings. The first kappa shape index (κ1) is 60.1. The third-order valence-electron chi connectivity index (χ3n) is 13.6. The Balaban J connectivity index is 1.57. The molecule has 2 saturated heterocycles. The number of carbonyl (C=O) groups is 1. The number of rotatable bonds is 42. The average molecular weight is 934 g/mol. The van der Waals surface area contributed by atoms with Gasteiger partial charge in [-0.1, -0.05) is 206 Å². The number of amides is 1. The van der Waals surface area contributed by atoms with Gasteiger partial charge in [0.25, 0.3) is 0 Å². The molecule has 0 radical (unpaired) electrons. The van der Waals surface area contributed by atoms with Crippen LogP contribution in [0.5, 0.6) is 0 Å². The van der Waals surface area contributed by atoms with E-state index in [9.17, 15) is 45.6 Å². The Bertz CT molecular complexity index is 1100. The Morgan fingerprint density at radius 3 is 1.31 bits per heavy atom. The van der Waals surface area contributed by atoms with E-state index in [0.717, 1.165) is 38.5 Å². The lowest BCUT2D eigenvalue weighted by Gasteiger charge is -2.46. The van der Waals surface area contributed by atoms with Crippen LogP contribution in [0.1, 0.15) is 226 Å². The van der Waals surface area contributed by atoms with Crippen molar-refractivity contribution in [1.82, 2.24) is 5.32 Å². The van der Waals surface area contributed by atoms with Crippen LogP contribution < -0.4 is 5.32 Å². The van der Waals surface area contributed by atoms with Crippen molar-refractivity contribution in [3.63, 3.8) is 0 Å². The summed E-state index contributed by atoms with van der Waals surface area (Å²) in [5.74, 6) is -0.229. The van der Waals surface area contributed by atoms with E-state index >= 15 is 0 Å². The topological polar surface area (TPSA) is 228 Å². The predicted octanol–water partition coefficient (Wildman–Crippen LogP) is 7.39. The van der Waals surface area contributed by atoms with Gasteiger partial charge in [0, 0.05) is 6.42 Å². The summed E-state index contributed by atoms with van der Waals surface area (Å²) >= 11 is 0. The normalized spacial score (nSPS) is 26.9. The summed E-state index contributed by atoms with van der Waals surface area (Å²) in [6, 6.07) is -0.818. The fourth-order valence-electron chi connectivity index (χ4n) is 9.18. The molecular weight excluding hydrogens is 835 g/mol. The number of hydrogen-bond acceptors (Lipinski definition) is 13. The van der Waals surface area contributed by atoms with Crippen molar-refractivity contribution in [3.05, 3.63) is 0 Å². The van der Waals surface area contributed by atoms with E-state index in [1.165, 1.54) is 154 Å². The van der Waals surface area contributed by atoms with Gasteiger partial charge < -0.3 is 65.1 Å². The van der Waals surface area contributed by atoms with Gasteiger partial charge in [-0.2, -0.15) is 0 Å². The highest BCUT2D eigenvalue weighted by Crippen LogP contribution is 2.30. The van der Waals surface area contributed by atoms with Crippen molar-refractivity contribution in [3.8, 4) is 0 Å². The second-order valence-electron chi connectivity index (χ2n) is 19.4. The van der Waals surface area contributed by atoms with E-state index in [-0.39, 0.29) is 12.5 Å². The first-order valence-corrected chi connectivity index (χ1v) is 26.8. The lowest BCUT2D eigenvalue weighted by Crippen LogP contribution is -2.65. The molecule has 2 heterocycles. The molecule has 14 heteroatoms. The van der Waals surface area contributed by atoms with Gasteiger partial charge >= 0.3 is 0 Å². The minimum atomic E-state index is -1.78. The Hall–Kier alpha value is -1.01. The zero-order valence-corrected chi connectivity index (χ0v) is 41.0. The Labute approximate surface area is 393 Å². The highest BCUT2D eigenvalue weighted by atomic mass is 16.7. The van der Waals surface area contributed by atoms with Crippen LogP contribution in [0, 0.1) is 0 Å². The fourth-order valence-corrected chi connectivity index (χ4v) is 9.18. The molecular formula is C51H99NO13. The first-order chi connectivity index (χ1) is 31.6. The standard InChI is InChI=1S/C51H99NO13/c1-3-5-7-8-9-10-11-12-13-14-15-16-17-18-19-20-21-22-23-24-25-26-27-28-29-30-31-33-34-40(55)39(52-43(56)35-32-6-4-2)38-62-50-48(61)46(59)49(42(37-54)64-50)65-51-47(60)45(58)44(57)41(36-53)63-51/h39-42,44-51,53-55,57-61H,3-38H2,1-2H3,(H,52,56). The fraction of sp³-hybridized carbons (Fsp3) is 0.980. The third kappa shape index (κ3) is 26.0. The van der Waals surface area contributed by atoms with Gasteiger partial charge in [-0.05, 0) is 12.8 Å². The van der Waals surface area contributed by atoms with Gasteiger partial charge in [-0.25, -0.2) is 0 Å². The SMILES string of the molecule is CCCCCCCCCCCCCCCCCCCCCCCCCCCCCCC(O)C(COC1OC(CO)C(OC2OC(CO)C(O)C(O)C2O)C(O)C1O)NC(=O)CCCCC. The molecule has 65 heavy (non-hydrogen) atoms. The molecule has 0 spiro atoms. The maximum atomic E-state index is 12.8. The average Bonchev–Trinajstić information content (AvgIpc) is 3.30. The van der Waals surface area contributed by atoms with Gasteiger partial charge in [0.05, 0.1) is 32.0 Å². The molecule has 9 N–H and O–H groups in total. The number of nitrogens with one attached hydrogen (secondary N) is 1. The molecule has 0 bridgehead atoms. The summed E-state index contributed by atoms with van der Waals surface area (Å²) in [6.07, 6.45) is 23.8. The lowest BCUT2D eigenvalue weighted by atomic mass is 9.97. The summed E-state index contributed by atoms with van der Waals surface area (Å²) in [5.41, 5.74) is 0. The van der Waals surface area contributed by atoms with Crippen molar-refractivity contribution in [2.45, 2.75) is 299 Å². The van der Waals surface area contributed by atoms with E-state index in [4.69, 9.17) is 18.9 Å². The van der Waals surface area contributed by atoms with Crippen LogP contribution in [0.2, 0.25) is 0 Å². The molecule has 0 aromatic rings. The van der Waals surface area contributed by atoms with Crippen LogP contribution in [0.3, 0.4) is 0 Å². The van der Waals surface area contributed by atoms with Crippen molar-refractivity contribution in [2.24, 2.45) is 0 Å². The van der Waals surface area contributed by atoms with Gasteiger partial charge in [0.2, 0.25) is 5.91 Å². The molecule has 0 aliphatic carbocycles. The summed E-state index contributed by atoms with van der Waals surface area (Å²) in [6.45, 7) is 2.69. The maximum Gasteiger partial charge on any atom is 0.220 e. The van der Waals surface area contributed by atoms with Gasteiger partial charge in [-0.3, -0.25) is 4.79 Å². The van der Waals surface area contributed by atoms with Crippen LogP contribution in [0.4, 0.5) is 0 Å². The van der Waals surface area contributed by atoms with E-state index in [1.807, 2.05) is 6.92 Å². The van der Waals surface area contributed by atoms with Crippen LogP contribution in [0.15, 0.2) is 0 Å². The zero-order chi connectivity index (χ0) is 47.5. The smallest absolute Gasteiger partial charge is 0.220 e. The minimum absolute atomic E-state index is 0.229. The second-order valence-corrected chi connectivity index (χ2v) is 19.4. The minimum Gasteiger partial charge on any atom is -0.394 e. The summed E-state index contributed by atoms with van der Waals surface area (Å²) < 4.78 is 22.6. The predicted molar refractivity (Wildman–Crippen MR) is 254 cm³/mol. The van der Waals surface area contributed by atoms with Crippen molar-refractivity contribution in [1.29, 1.82) is 0 Å². The van der Waals surface area contributed by atoms with E-state index in [2.05, 4.69) is 12.2 Å². The van der Waals surface area contributed by atoms with E-state index < -0.39 is 86.8 Å². The molecule has 0 aromatic carbocycles. The Kier molecular flexibility index (Phi) is 35.9. The highest BCUT2D eigenvalue weighted by molar-refractivity contribution is 5.76. The number of hydrogen-bond donors (Lipinski definition) is 9. The number of unbranched alkanes of at least 4 members (excludes halogenated alkanes) is 29. The van der Waals surface area contributed by atoms with Gasteiger partial charge in [0.1, 0.15) is 48.8 Å². The van der Waals surface area contributed by atoms with Crippen molar-refractivity contribution >= 4 is 5.91 Å². The first-order valence-electron chi connectivity index (χ1n) is 26.8. The number of ether oxygens (including phenoxy) is 4. The quantitative estimate of drug-likeness (QED) is 0.0273. The van der Waals surface area contributed by atoms with Crippen molar-refractivity contribution < 1.29 is 64.6 Å². The van der Waals surface area contributed by atoms with Crippen LogP contribution in [0.25, 0.3) is 0 Å². The van der Waals surface area contributed by atoms with Crippen LogP contribution in [-0.2, 0) is 23.7 Å². The molecule has 386 valence electrons. The van der Waals surface area contributed by atoms with E-state index in [0.29, 0.717) is 19.3 Å². The lowest BCUT2D eigenvalue weighted by molar-refractivity contribution is -0.359. The summed E-state index contributed by atoms with van der Waals surface area (Å²) in [4.78, 5) is 12.8. The van der Waals surface area contributed by atoms with Crippen molar-refractivity contribution in [2.75, 3.05) is 19.8 Å². The Morgan fingerprint density at radius 2 is 0.877 bits per heavy atom. The third-order valence-corrected chi connectivity index (χ3v) is 13.6. The molecule has 12 unspecified atom stereocenters. The van der Waals surface area contributed by atoms with Gasteiger partial charge in [-0.15, -0.1) is 0 Å². The summed E-state index contributed by atoms with van der Waals surface area (Å²) in [5, 5.41) is 86.3. The molecule has 0 aromatic heterocycles. The van der Waals surface area contributed by atoms with E-state index in [1.54, 1.807) is 0 Å². The van der Waals surface area contributed by atoms with Gasteiger partial charge in [0.15, 0.2) is 12.6 Å². The maximum absolute atomic E-state index is 12.8. The molecule has 12 atom stereocenters. The largest absolute Gasteiger partial charge is 0.394 e. The van der Waals surface area contributed by atoms with Crippen LogP contribution >= 0.6 is 0 Å². The summed E-state index contributed by atoms with van der Waals surface area (Å²) in [7, 11) is 0.